The number of ether oxygens (including phenoxy) is 5. The average Bonchev–Trinajstić information content (AvgIpc) is 2.87. The van der Waals surface area contributed by atoms with Gasteiger partial charge in [-0.15, -0.1) is 0 Å². The van der Waals surface area contributed by atoms with Gasteiger partial charge in [-0.2, -0.15) is 0 Å². The lowest BCUT2D eigenvalue weighted by molar-refractivity contribution is -0.169. The Bertz CT molecular complexity index is 642. The first kappa shape index (κ1) is 23.5. The number of cyclic esters (lactones) is 1. The smallest absolute Gasteiger partial charge is 0.379 e. The van der Waals surface area contributed by atoms with Gasteiger partial charge < -0.3 is 23.7 Å². The maximum Gasteiger partial charge on any atom is 0.379 e. The molecule has 28 heavy (non-hydrogen) atoms. The van der Waals surface area contributed by atoms with Gasteiger partial charge in [-0.3, -0.25) is 14.4 Å². The second-order valence-corrected chi connectivity index (χ2v) is 7.31. The Morgan fingerprint density at radius 1 is 1.14 bits per heavy atom. The molecule has 0 amide bonds. The molecule has 0 N–H and O–H groups in total. The van der Waals surface area contributed by atoms with Crippen molar-refractivity contribution in [1.82, 2.24) is 0 Å². The van der Waals surface area contributed by atoms with Crippen molar-refractivity contribution in [2.45, 2.75) is 66.6 Å². The molecule has 0 aromatic rings. The number of unbranched alkanes of at least 4 members (excludes halogenated alkanes) is 1. The van der Waals surface area contributed by atoms with E-state index < -0.39 is 41.5 Å². The molecule has 9 heteroatoms. The van der Waals surface area contributed by atoms with Gasteiger partial charge in [0.05, 0.1) is 12.0 Å². The van der Waals surface area contributed by atoms with Crippen molar-refractivity contribution in [3.05, 3.63) is 11.5 Å². The lowest BCUT2D eigenvalue weighted by atomic mass is 9.97. The van der Waals surface area contributed by atoms with Crippen molar-refractivity contribution in [3.63, 3.8) is 0 Å². The third kappa shape index (κ3) is 6.86. The molecule has 9 nitrogen and oxygen atoms in total. The van der Waals surface area contributed by atoms with E-state index in [0.29, 0.717) is 6.42 Å². The normalized spacial score (nSPS) is 17.6. The average molecular weight is 400 g/mol. The fourth-order valence-corrected chi connectivity index (χ4v) is 2.10. The minimum Gasteiger partial charge on any atom is -0.490 e. The molecule has 0 aromatic carbocycles. The van der Waals surface area contributed by atoms with E-state index in [9.17, 15) is 19.2 Å². The highest BCUT2D eigenvalue weighted by atomic mass is 16.7. The fraction of sp³-hybridized carbons (Fsp3) is 0.684. The van der Waals surface area contributed by atoms with E-state index in [1.807, 2.05) is 6.92 Å². The van der Waals surface area contributed by atoms with Crippen LogP contribution in [0.15, 0.2) is 11.5 Å². The van der Waals surface area contributed by atoms with Crippen LogP contribution in [0.25, 0.3) is 0 Å². The predicted molar refractivity (Wildman–Crippen MR) is 95.5 cm³/mol. The predicted octanol–water partition coefficient (Wildman–Crippen LogP) is 2.02. The summed E-state index contributed by atoms with van der Waals surface area (Å²) in [5, 5.41) is 0. The maximum absolute atomic E-state index is 12.3. The molecular weight excluding hydrogens is 372 g/mol. The topological polar surface area (TPSA) is 114 Å². The summed E-state index contributed by atoms with van der Waals surface area (Å²) < 4.78 is 26.2. The monoisotopic (exact) mass is 400 g/mol. The van der Waals surface area contributed by atoms with Crippen LogP contribution in [0.4, 0.5) is 0 Å². The fourth-order valence-electron chi connectivity index (χ4n) is 2.10. The van der Waals surface area contributed by atoms with Gasteiger partial charge in [-0.05, 0) is 27.2 Å². The van der Waals surface area contributed by atoms with E-state index in [4.69, 9.17) is 23.7 Å². The molecule has 1 rings (SSSR count). The molecule has 2 atom stereocenters. The Labute approximate surface area is 164 Å². The summed E-state index contributed by atoms with van der Waals surface area (Å²) in [5.74, 6) is -3.29. The summed E-state index contributed by atoms with van der Waals surface area (Å²) in [6.45, 7) is 9.09. The highest BCUT2D eigenvalue weighted by Gasteiger charge is 2.46. The van der Waals surface area contributed by atoms with Crippen molar-refractivity contribution in [2.24, 2.45) is 5.41 Å². The van der Waals surface area contributed by atoms with Gasteiger partial charge >= 0.3 is 23.9 Å². The van der Waals surface area contributed by atoms with Crippen LogP contribution in [-0.2, 0) is 42.9 Å². The van der Waals surface area contributed by atoms with E-state index in [1.165, 1.54) is 13.8 Å². The number of hydrogen-bond acceptors (Lipinski definition) is 9. The molecule has 0 fully saturated rings. The molecule has 0 spiro atoms. The molecule has 158 valence electrons. The molecule has 0 saturated carbocycles. The molecule has 0 saturated heterocycles. The molecule has 1 aliphatic heterocycles. The quantitative estimate of drug-likeness (QED) is 0.326. The van der Waals surface area contributed by atoms with Crippen LogP contribution in [0.2, 0.25) is 0 Å². The first-order valence-corrected chi connectivity index (χ1v) is 9.08. The van der Waals surface area contributed by atoms with Crippen LogP contribution in [0.3, 0.4) is 0 Å². The standard InChI is InChI=1S/C19H28O9/c1-7-8-9-24-15-14(13(26-12(3)21)10-25-11(2)20)27-17(22)16(15)28-18(23)19(4,5)6/h13-14H,7-10H2,1-6H3/t13-,14+/m0/s1. The van der Waals surface area contributed by atoms with Crippen molar-refractivity contribution in [2.75, 3.05) is 13.2 Å². The molecule has 1 heterocycles. The number of rotatable bonds is 9. The van der Waals surface area contributed by atoms with Gasteiger partial charge in [0.2, 0.25) is 6.10 Å². The van der Waals surface area contributed by atoms with Crippen molar-refractivity contribution in [1.29, 1.82) is 0 Å². The Hall–Kier alpha value is -2.58. The van der Waals surface area contributed by atoms with Gasteiger partial charge in [0.25, 0.3) is 5.76 Å². The highest BCUT2D eigenvalue weighted by molar-refractivity contribution is 5.93. The van der Waals surface area contributed by atoms with E-state index >= 15 is 0 Å². The van der Waals surface area contributed by atoms with Gasteiger partial charge in [0.15, 0.2) is 11.9 Å². The molecule has 0 bridgehead atoms. The SMILES string of the molecule is CCCCOC1=C(OC(=O)C(C)(C)C)C(=O)O[C@@H]1[C@H](COC(C)=O)OC(C)=O. The lowest BCUT2D eigenvalue weighted by Gasteiger charge is -2.23. The Kier molecular flexibility index (Phi) is 8.46. The largest absolute Gasteiger partial charge is 0.490 e. The van der Waals surface area contributed by atoms with Crippen LogP contribution in [0.5, 0.6) is 0 Å². The number of hydrogen-bond donors (Lipinski definition) is 0. The minimum absolute atomic E-state index is 0.0607. The first-order valence-electron chi connectivity index (χ1n) is 9.08. The van der Waals surface area contributed by atoms with Gasteiger partial charge in [0, 0.05) is 13.8 Å². The summed E-state index contributed by atoms with van der Waals surface area (Å²) in [5.41, 5.74) is -0.868. The zero-order valence-electron chi connectivity index (χ0n) is 17.2. The van der Waals surface area contributed by atoms with Gasteiger partial charge in [0.1, 0.15) is 6.61 Å². The van der Waals surface area contributed by atoms with Crippen LogP contribution >= 0.6 is 0 Å². The third-order valence-electron chi connectivity index (χ3n) is 3.57. The van der Waals surface area contributed by atoms with Crippen molar-refractivity contribution in [3.8, 4) is 0 Å². The zero-order valence-corrected chi connectivity index (χ0v) is 17.2. The number of esters is 4. The van der Waals surface area contributed by atoms with E-state index in [0.717, 1.165) is 6.42 Å². The maximum atomic E-state index is 12.3. The number of carbonyl (C=O) groups excluding carboxylic acids is 4. The summed E-state index contributed by atoms with van der Waals surface area (Å²) in [4.78, 5) is 47.2. The highest BCUT2D eigenvalue weighted by Crippen LogP contribution is 2.31. The summed E-state index contributed by atoms with van der Waals surface area (Å²) in [6, 6.07) is 0. The van der Waals surface area contributed by atoms with E-state index in [2.05, 4.69) is 0 Å². The second-order valence-electron chi connectivity index (χ2n) is 7.31. The minimum atomic E-state index is -1.20. The van der Waals surface area contributed by atoms with E-state index in [-0.39, 0.29) is 24.7 Å². The van der Waals surface area contributed by atoms with Crippen LogP contribution in [-0.4, -0.2) is 49.3 Å². The lowest BCUT2D eigenvalue weighted by Crippen LogP contribution is -2.38. The van der Waals surface area contributed by atoms with Gasteiger partial charge in [-0.25, -0.2) is 4.79 Å². The molecule has 1 aliphatic rings. The zero-order chi connectivity index (χ0) is 21.5. The number of carbonyl (C=O) groups is 4. The Morgan fingerprint density at radius 3 is 2.29 bits per heavy atom. The Morgan fingerprint density at radius 2 is 1.79 bits per heavy atom. The summed E-state index contributed by atoms with van der Waals surface area (Å²) >= 11 is 0. The third-order valence-corrected chi connectivity index (χ3v) is 3.57. The first-order chi connectivity index (χ1) is 13.0. The van der Waals surface area contributed by atoms with Crippen LogP contribution in [0, 0.1) is 5.41 Å². The van der Waals surface area contributed by atoms with E-state index in [1.54, 1.807) is 20.8 Å². The van der Waals surface area contributed by atoms with Crippen LogP contribution in [0.1, 0.15) is 54.4 Å². The summed E-state index contributed by atoms with van der Waals surface area (Å²) in [6.07, 6.45) is -0.846. The summed E-state index contributed by atoms with van der Waals surface area (Å²) in [7, 11) is 0. The molecule has 0 aromatic heterocycles. The molecule has 0 radical (unpaired) electrons. The Balaban J connectivity index is 3.21. The molecule has 0 aliphatic carbocycles. The van der Waals surface area contributed by atoms with Crippen LogP contribution < -0.4 is 0 Å². The molecule has 0 unspecified atom stereocenters. The second kappa shape index (κ2) is 10.1. The van der Waals surface area contributed by atoms with Crippen molar-refractivity contribution < 1.29 is 42.9 Å². The molecular formula is C19H28O9. The van der Waals surface area contributed by atoms with Gasteiger partial charge in [-0.1, -0.05) is 13.3 Å². The van der Waals surface area contributed by atoms with Crippen molar-refractivity contribution >= 4 is 23.9 Å².